The predicted octanol–water partition coefficient (Wildman–Crippen LogP) is 2.59. The van der Waals surface area contributed by atoms with Crippen LogP contribution in [-0.4, -0.2) is 29.7 Å². The molecule has 132 valence electrons. The minimum atomic E-state index is -1.52. The molecule has 24 heavy (non-hydrogen) atoms. The molecule has 1 saturated carbocycles. The first-order valence-corrected chi connectivity index (χ1v) is 7.78. The smallest absolute Gasteiger partial charge is 0.315 e. The van der Waals surface area contributed by atoms with E-state index in [1.54, 1.807) is 0 Å². The van der Waals surface area contributed by atoms with E-state index in [0.29, 0.717) is 25.7 Å². The number of urea groups is 1. The molecule has 1 aliphatic carbocycles. The van der Waals surface area contributed by atoms with Crippen molar-refractivity contribution in [3.05, 3.63) is 35.1 Å². The van der Waals surface area contributed by atoms with Crippen LogP contribution in [0.25, 0.3) is 0 Å². The Labute approximate surface area is 137 Å². The molecule has 2 rings (SSSR count). The molecular formula is C16H19F3N2O3. The van der Waals surface area contributed by atoms with Crippen LogP contribution in [0.4, 0.5) is 18.0 Å². The van der Waals surface area contributed by atoms with Gasteiger partial charge in [0.1, 0.15) is 0 Å². The van der Waals surface area contributed by atoms with E-state index in [1.807, 2.05) is 0 Å². The summed E-state index contributed by atoms with van der Waals surface area (Å²) in [4.78, 5) is 22.6. The van der Waals surface area contributed by atoms with Crippen LogP contribution in [0.5, 0.6) is 0 Å². The second kappa shape index (κ2) is 8.03. The zero-order chi connectivity index (χ0) is 17.7. The van der Waals surface area contributed by atoms with Crippen LogP contribution in [0.1, 0.15) is 31.2 Å². The lowest BCUT2D eigenvalue weighted by Gasteiger charge is -2.26. The van der Waals surface area contributed by atoms with E-state index in [9.17, 15) is 22.8 Å². The van der Waals surface area contributed by atoms with Crippen molar-refractivity contribution in [2.45, 2.75) is 38.1 Å². The molecule has 1 fully saturated rings. The first-order valence-electron chi connectivity index (χ1n) is 7.78. The van der Waals surface area contributed by atoms with Crippen LogP contribution in [0.3, 0.4) is 0 Å². The van der Waals surface area contributed by atoms with Crippen molar-refractivity contribution < 1.29 is 27.9 Å². The Morgan fingerprint density at radius 2 is 1.75 bits per heavy atom. The van der Waals surface area contributed by atoms with Crippen molar-refractivity contribution in [3.63, 3.8) is 0 Å². The summed E-state index contributed by atoms with van der Waals surface area (Å²) in [5, 5.41) is 14.2. The SMILES string of the molecule is O=C(NCCc1ccc(F)c(F)c1F)NC1CCC(C(=O)O)CC1. The lowest BCUT2D eigenvalue weighted by atomic mass is 9.86. The summed E-state index contributed by atoms with van der Waals surface area (Å²) in [5.41, 5.74) is -0.0174. The number of carboxylic acid groups (broad SMARTS) is 1. The van der Waals surface area contributed by atoms with Crippen LogP contribution in [0.2, 0.25) is 0 Å². The van der Waals surface area contributed by atoms with E-state index in [0.717, 1.165) is 12.1 Å². The molecule has 1 aromatic rings. The Hall–Kier alpha value is -2.25. The molecule has 0 bridgehead atoms. The van der Waals surface area contributed by atoms with Crippen LogP contribution in [0.15, 0.2) is 12.1 Å². The van der Waals surface area contributed by atoms with Crippen LogP contribution in [0, 0.1) is 23.4 Å². The first-order chi connectivity index (χ1) is 11.4. The zero-order valence-electron chi connectivity index (χ0n) is 12.9. The highest BCUT2D eigenvalue weighted by Crippen LogP contribution is 2.24. The summed E-state index contributed by atoms with van der Waals surface area (Å²) >= 11 is 0. The van der Waals surface area contributed by atoms with Gasteiger partial charge in [0.15, 0.2) is 17.5 Å². The van der Waals surface area contributed by atoms with Crippen molar-refractivity contribution in [1.29, 1.82) is 0 Å². The Bertz CT molecular complexity index is 617. The average Bonchev–Trinajstić information content (AvgIpc) is 2.55. The second-order valence-electron chi connectivity index (χ2n) is 5.87. The van der Waals surface area contributed by atoms with Gasteiger partial charge in [0.05, 0.1) is 5.92 Å². The average molecular weight is 344 g/mol. The summed E-state index contributed by atoms with van der Waals surface area (Å²) in [6, 6.07) is 1.44. The fraction of sp³-hybridized carbons (Fsp3) is 0.500. The number of halogens is 3. The maximum Gasteiger partial charge on any atom is 0.315 e. The van der Waals surface area contributed by atoms with E-state index in [-0.39, 0.29) is 30.5 Å². The van der Waals surface area contributed by atoms with Gasteiger partial charge in [-0.15, -0.1) is 0 Å². The van der Waals surface area contributed by atoms with Crippen LogP contribution >= 0.6 is 0 Å². The van der Waals surface area contributed by atoms with Gasteiger partial charge < -0.3 is 15.7 Å². The third-order valence-corrected chi connectivity index (χ3v) is 4.21. The summed E-state index contributed by atoms with van der Waals surface area (Å²) < 4.78 is 39.4. The maximum atomic E-state index is 13.5. The van der Waals surface area contributed by atoms with Crippen molar-refractivity contribution >= 4 is 12.0 Å². The van der Waals surface area contributed by atoms with E-state index < -0.39 is 29.5 Å². The number of hydrogen-bond donors (Lipinski definition) is 3. The highest BCUT2D eigenvalue weighted by molar-refractivity contribution is 5.74. The fourth-order valence-electron chi connectivity index (χ4n) is 2.79. The third kappa shape index (κ3) is 4.62. The second-order valence-corrected chi connectivity index (χ2v) is 5.87. The lowest BCUT2D eigenvalue weighted by molar-refractivity contribution is -0.142. The molecule has 0 radical (unpaired) electrons. The van der Waals surface area contributed by atoms with Crippen molar-refractivity contribution in [1.82, 2.24) is 10.6 Å². The normalized spacial score (nSPS) is 20.5. The van der Waals surface area contributed by atoms with Crippen LogP contribution in [-0.2, 0) is 11.2 Å². The van der Waals surface area contributed by atoms with Gasteiger partial charge >= 0.3 is 12.0 Å². The topological polar surface area (TPSA) is 78.4 Å². The molecule has 5 nitrogen and oxygen atoms in total. The largest absolute Gasteiger partial charge is 0.481 e. The minimum Gasteiger partial charge on any atom is -0.481 e. The van der Waals surface area contributed by atoms with Gasteiger partial charge in [-0.3, -0.25) is 4.79 Å². The summed E-state index contributed by atoms with van der Waals surface area (Å²) in [6.45, 7) is 0.0678. The van der Waals surface area contributed by atoms with E-state index >= 15 is 0 Å². The number of carbonyl (C=O) groups excluding carboxylic acids is 1. The minimum absolute atomic E-state index is 0.0174. The molecule has 1 aliphatic rings. The number of aliphatic carboxylic acids is 1. The molecule has 1 aromatic carbocycles. The molecule has 0 spiro atoms. The molecule has 0 aromatic heterocycles. The first kappa shape index (κ1) is 18.1. The van der Waals surface area contributed by atoms with E-state index in [4.69, 9.17) is 5.11 Å². The number of benzene rings is 1. The van der Waals surface area contributed by atoms with Crippen molar-refractivity contribution in [2.75, 3.05) is 6.54 Å². The maximum absolute atomic E-state index is 13.5. The van der Waals surface area contributed by atoms with E-state index in [2.05, 4.69) is 10.6 Å². The number of carbonyl (C=O) groups is 2. The molecule has 0 unspecified atom stereocenters. The molecule has 0 heterocycles. The number of rotatable bonds is 5. The molecule has 0 aliphatic heterocycles. The van der Waals surface area contributed by atoms with Gasteiger partial charge in [0, 0.05) is 12.6 Å². The monoisotopic (exact) mass is 344 g/mol. The molecule has 3 N–H and O–H groups in total. The fourth-order valence-corrected chi connectivity index (χ4v) is 2.79. The van der Waals surface area contributed by atoms with Gasteiger partial charge in [-0.2, -0.15) is 0 Å². The summed E-state index contributed by atoms with van der Waals surface area (Å²) in [6.07, 6.45) is 2.23. The quantitative estimate of drug-likeness (QED) is 0.719. The van der Waals surface area contributed by atoms with Gasteiger partial charge in [-0.1, -0.05) is 6.07 Å². The van der Waals surface area contributed by atoms with Gasteiger partial charge in [-0.25, -0.2) is 18.0 Å². The van der Waals surface area contributed by atoms with Gasteiger partial charge in [0.2, 0.25) is 0 Å². The number of nitrogens with one attached hydrogen (secondary N) is 2. The number of carboxylic acids is 1. The highest BCUT2D eigenvalue weighted by atomic mass is 19.2. The van der Waals surface area contributed by atoms with Crippen LogP contribution < -0.4 is 10.6 Å². The standard InChI is InChI=1S/C16H19F3N2O3/c17-12-6-3-9(13(18)14(12)19)7-8-20-16(24)21-11-4-1-10(2-5-11)15(22)23/h3,6,10-11H,1-2,4-5,7-8H2,(H,22,23)(H2,20,21,24). The molecule has 2 amide bonds. The zero-order valence-corrected chi connectivity index (χ0v) is 12.9. The number of amides is 2. The lowest BCUT2D eigenvalue weighted by Crippen LogP contribution is -2.44. The molecule has 8 heteroatoms. The van der Waals surface area contributed by atoms with Gasteiger partial charge in [0.25, 0.3) is 0 Å². The Morgan fingerprint density at radius 3 is 2.38 bits per heavy atom. The molecule has 0 atom stereocenters. The van der Waals surface area contributed by atoms with Gasteiger partial charge in [-0.05, 0) is 43.7 Å². The highest BCUT2D eigenvalue weighted by Gasteiger charge is 2.26. The van der Waals surface area contributed by atoms with Crippen molar-refractivity contribution in [2.24, 2.45) is 5.92 Å². The molecular weight excluding hydrogens is 325 g/mol. The number of hydrogen-bond acceptors (Lipinski definition) is 2. The molecule has 0 saturated heterocycles. The third-order valence-electron chi connectivity index (χ3n) is 4.21. The van der Waals surface area contributed by atoms with E-state index in [1.165, 1.54) is 0 Å². The van der Waals surface area contributed by atoms with Crippen molar-refractivity contribution in [3.8, 4) is 0 Å². The Morgan fingerprint density at radius 1 is 1.08 bits per heavy atom. The Kier molecular flexibility index (Phi) is 6.05. The Balaban J connectivity index is 1.73. The predicted molar refractivity (Wildman–Crippen MR) is 79.9 cm³/mol. The summed E-state index contributed by atoms with van der Waals surface area (Å²) in [5.74, 6) is -5.19. The summed E-state index contributed by atoms with van der Waals surface area (Å²) in [7, 11) is 0.